The van der Waals surface area contributed by atoms with E-state index in [1.54, 1.807) is 13.0 Å². The maximum absolute atomic E-state index is 13.3. The normalized spacial score (nSPS) is 20.7. The van der Waals surface area contributed by atoms with Gasteiger partial charge in [-0.3, -0.25) is 4.79 Å². The molecule has 1 atom stereocenters. The molecule has 5 N–H and O–H groups in total. The molecule has 1 aromatic rings. The lowest BCUT2D eigenvalue weighted by atomic mass is 9.68. The van der Waals surface area contributed by atoms with Crippen molar-refractivity contribution in [3.8, 4) is 0 Å². The van der Waals surface area contributed by atoms with Crippen LogP contribution in [0.5, 0.6) is 0 Å². The summed E-state index contributed by atoms with van der Waals surface area (Å²) in [4.78, 5) is 26.3. The minimum Gasteiger partial charge on any atom is -0.463 e. The average molecular weight is 414 g/mol. The zero-order chi connectivity index (χ0) is 21.9. The van der Waals surface area contributed by atoms with Crippen LogP contribution in [0.3, 0.4) is 0 Å². The topological polar surface area (TPSA) is 117 Å². The third-order valence-corrected chi connectivity index (χ3v) is 5.37. The molecule has 0 fully saturated rings. The van der Waals surface area contributed by atoms with E-state index in [1.165, 1.54) is 0 Å². The highest BCUT2D eigenvalue weighted by atomic mass is 16.5. The molecular formula is C23H31N3O4. The van der Waals surface area contributed by atoms with Gasteiger partial charge in [0.25, 0.3) is 0 Å². The molecule has 1 unspecified atom stereocenters. The Morgan fingerprint density at radius 3 is 2.73 bits per heavy atom. The molecule has 0 saturated carbocycles. The summed E-state index contributed by atoms with van der Waals surface area (Å²) < 4.78 is 11.0. The van der Waals surface area contributed by atoms with Gasteiger partial charge in [0.2, 0.25) is 0 Å². The first-order valence-electron chi connectivity index (χ1n) is 10.3. The Balaban J connectivity index is 2.18. The second kappa shape index (κ2) is 9.02. The predicted octanol–water partition coefficient (Wildman–Crippen LogP) is 2.39. The van der Waals surface area contributed by atoms with Crippen LogP contribution in [0.15, 0.2) is 46.8 Å². The number of carbonyl (C=O) groups excluding carboxylic acids is 2. The van der Waals surface area contributed by atoms with E-state index < -0.39 is 11.9 Å². The fourth-order valence-corrected chi connectivity index (χ4v) is 4.24. The number of ether oxygens (including phenoxy) is 2. The summed E-state index contributed by atoms with van der Waals surface area (Å²) in [7, 11) is 0. The van der Waals surface area contributed by atoms with Crippen LogP contribution in [0.2, 0.25) is 0 Å². The first-order chi connectivity index (χ1) is 14.3. The molecule has 3 rings (SSSR count). The van der Waals surface area contributed by atoms with Crippen LogP contribution >= 0.6 is 0 Å². The van der Waals surface area contributed by atoms with Crippen LogP contribution in [0.4, 0.5) is 5.69 Å². The molecule has 1 heterocycles. The standard InChI is InChI=1S/C23H31N3O4/c1-4-30-22(28)21-17(13-29-9-8-24)26-16-11-23(2,3)12-18(27)20(16)19(21)14-6-5-7-15(25)10-14/h5-7,10,19,26H,4,8-9,11-13,24-25H2,1-3H3. The van der Waals surface area contributed by atoms with Gasteiger partial charge in [-0.2, -0.15) is 0 Å². The second-order valence-electron chi connectivity index (χ2n) is 8.52. The fraction of sp³-hybridized carbons (Fsp3) is 0.478. The summed E-state index contributed by atoms with van der Waals surface area (Å²) in [5.41, 5.74) is 15.2. The monoisotopic (exact) mass is 413 g/mol. The largest absolute Gasteiger partial charge is 0.463 e. The quantitative estimate of drug-likeness (QED) is 0.357. The Labute approximate surface area is 177 Å². The van der Waals surface area contributed by atoms with Crippen molar-refractivity contribution in [2.75, 3.05) is 32.1 Å². The number of carbonyl (C=O) groups is 2. The molecule has 0 bridgehead atoms. The Morgan fingerprint density at radius 2 is 2.07 bits per heavy atom. The summed E-state index contributed by atoms with van der Waals surface area (Å²) in [6, 6.07) is 7.31. The molecule has 162 valence electrons. The molecule has 7 nitrogen and oxygen atoms in total. The van der Waals surface area contributed by atoms with Crippen LogP contribution in [0, 0.1) is 5.41 Å². The fourth-order valence-electron chi connectivity index (χ4n) is 4.24. The first kappa shape index (κ1) is 22.1. The Kier molecular flexibility index (Phi) is 6.63. The number of rotatable bonds is 7. The number of ketones is 1. The molecule has 1 aliphatic heterocycles. The van der Waals surface area contributed by atoms with Crippen LogP contribution < -0.4 is 16.8 Å². The van der Waals surface area contributed by atoms with Crippen LogP contribution in [-0.2, 0) is 19.1 Å². The highest BCUT2D eigenvalue weighted by Gasteiger charge is 2.43. The third kappa shape index (κ3) is 4.57. The summed E-state index contributed by atoms with van der Waals surface area (Å²) >= 11 is 0. The number of esters is 1. The Hall–Kier alpha value is -2.64. The van der Waals surface area contributed by atoms with Crippen LogP contribution in [-0.4, -0.2) is 38.1 Å². The van der Waals surface area contributed by atoms with Crippen molar-refractivity contribution in [3.05, 3.63) is 52.4 Å². The van der Waals surface area contributed by atoms with Gasteiger partial charge >= 0.3 is 5.97 Å². The van der Waals surface area contributed by atoms with Crippen molar-refractivity contribution < 1.29 is 19.1 Å². The van der Waals surface area contributed by atoms with E-state index in [0.717, 1.165) is 11.3 Å². The lowest BCUT2D eigenvalue weighted by Crippen LogP contribution is -2.40. The van der Waals surface area contributed by atoms with Crippen molar-refractivity contribution in [3.63, 3.8) is 0 Å². The molecule has 30 heavy (non-hydrogen) atoms. The summed E-state index contributed by atoms with van der Waals surface area (Å²) in [5, 5.41) is 3.34. The number of nitrogen functional groups attached to an aromatic ring is 1. The van der Waals surface area contributed by atoms with E-state index in [-0.39, 0.29) is 24.4 Å². The number of anilines is 1. The van der Waals surface area contributed by atoms with Crippen molar-refractivity contribution in [2.24, 2.45) is 11.1 Å². The van der Waals surface area contributed by atoms with Gasteiger partial charge in [0.1, 0.15) is 0 Å². The van der Waals surface area contributed by atoms with Gasteiger partial charge in [0.15, 0.2) is 5.78 Å². The number of allylic oxidation sites excluding steroid dienone is 2. The highest BCUT2D eigenvalue weighted by Crippen LogP contribution is 2.47. The van der Waals surface area contributed by atoms with Gasteiger partial charge in [0, 0.05) is 35.8 Å². The number of nitrogens with one attached hydrogen (secondary N) is 1. The second-order valence-corrected chi connectivity index (χ2v) is 8.52. The number of hydrogen-bond donors (Lipinski definition) is 3. The zero-order valence-corrected chi connectivity index (χ0v) is 17.9. The van der Waals surface area contributed by atoms with Gasteiger partial charge in [0.05, 0.1) is 31.1 Å². The lowest BCUT2D eigenvalue weighted by Gasteiger charge is -2.40. The van der Waals surface area contributed by atoms with Gasteiger partial charge in [-0.05, 0) is 36.5 Å². The Morgan fingerprint density at radius 1 is 1.30 bits per heavy atom. The van der Waals surface area contributed by atoms with Crippen molar-refractivity contribution in [1.29, 1.82) is 0 Å². The number of hydrogen-bond acceptors (Lipinski definition) is 7. The average Bonchev–Trinajstić information content (AvgIpc) is 2.66. The van der Waals surface area contributed by atoms with Gasteiger partial charge in [-0.25, -0.2) is 4.79 Å². The molecule has 0 aromatic heterocycles. The Bertz CT molecular complexity index is 901. The predicted molar refractivity (Wildman–Crippen MR) is 115 cm³/mol. The van der Waals surface area contributed by atoms with Crippen molar-refractivity contribution in [2.45, 2.75) is 39.5 Å². The van der Waals surface area contributed by atoms with E-state index >= 15 is 0 Å². The minimum atomic E-state index is -0.552. The van der Waals surface area contributed by atoms with Crippen molar-refractivity contribution in [1.82, 2.24) is 5.32 Å². The molecule has 0 amide bonds. The molecule has 2 aliphatic rings. The number of benzene rings is 1. The molecule has 0 spiro atoms. The van der Waals surface area contributed by atoms with Gasteiger partial charge in [-0.1, -0.05) is 26.0 Å². The van der Waals surface area contributed by atoms with Gasteiger partial charge < -0.3 is 26.3 Å². The number of nitrogens with two attached hydrogens (primary N) is 2. The summed E-state index contributed by atoms with van der Waals surface area (Å²) in [5.74, 6) is -0.985. The van der Waals surface area contributed by atoms with E-state index in [2.05, 4.69) is 19.2 Å². The maximum Gasteiger partial charge on any atom is 0.336 e. The van der Waals surface area contributed by atoms with E-state index in [9.17, 15) is 9.59 Å². The number of dihydropyridines is 1. The minimum absolute atomic E-state index is 0.0323. The summed E-state index contributed by atoms with van der Waals surface area (Å²) in [6.45, 7) is 7.04. The van der Waals surface area contributed by atoms with Crippen LogP contribution in [0.25, 0.3) is 0 Å². The van der Waals surface area contributed by atoms with E-state index in [1.807, 2.05) is 18.2 Å². The van der Waals surface area contributed by atoms with Crippen LogP contribution in [0.1, 0.15) is 45.1 Å². The SMILES string of the molecule is CCOC(=O)C1=C(COCCN)NC2=C(C(=O)CC(C)(C)C2)C1c1cccc(N)c1. The van der Waals surface area contributed by atoms with Crippen molar-refractivity contribution >= 4 is 17.4 Å². The molecule has 7 heteroatoms. The first-order valence-corrected chi connectivity index (χ1v) is 10.3. The molecule has 0 radical (unpaired) electrons. The summed E-state index contributed by atoms with van der Waals surface area (Å²) in [6.07, 6.45) is 1.12. The molecule has 0 saturated heterocycles. The number of Topliss-reactive ketones (excluding diaryl/α,β-unsaturated/α-hetero) is 1. The smallest absolute Gasteiger partial charge is 0.336 e. The molecular weight excluding hydrogens is 382 g/mol. The van der Waals surface area contributed by atoms with Gasteiger partial charge in [-0.15, -0.1) is 0 Å². The van der Waals surface area contributed by atoms with E-state index in [0.29, 0.717) is 48.5 Å². The highest BCUT2D eigenvalue weighted by molar-refractivity contribution is 6.04. The third-order valence-electron chi connectivity index (χ3n) is 5.37. The molecule has 1 aliphatic carbocycles. The van der Waals surface area contributed by atoms with E-state index in [4.69, 9.17) is 20.9 Å². The maximum atomic E-state index is 13.3. The molecule has 1 aromatic carbocycles. The lowest BCUT2D eigenvalue weighted by molar-refractivity contribution is -0.139. The zero-order valence-electron chi connectivity index (χ0n) is 17.9.